The predicted octanol–water partition coefficient (Wildman–Crippen LogP) is 2.35. The fourth-order valence-electron chi connectivity index (χ4n) is 5.12. The number of nitrogens with zero attached hydrogens (tertiary/aromatic N) is 3. The molecule has 6 nitrogen and oxygen atoms in total. The minimum atomic E-state index is 0.117. The van der Waals surface area contributed by atoms with E-state index < -0.39 is 0 Å². The first-order valence-corrected chi connectivity index (χ1v) is 10.9. The molecule has 3 aliphatic heterocycles. The average molecular weight is 395 g/mol. The number of benzene rings is 1. The summed E-state index contributed by atoms with van der Waals surface area (Å²) in [5.41, 5.74) is 3.36. The van der Waals surface area contributed by atoms with E-state index in [0.29, 0.717) is 18.6 Å². The lowest BCUT2D eigenvalue weighted by atomic mass is 10.1. The van der Waals surface area contributed by atoms with Gasteiger partial charge in [-0.05, 0) is 37.5 Å². The Morgan fingerprint density at radius 3 is 2.86 bits per heavy atom. The zero-order valence-electron chi connectivity index (χ0n) is 17.1. The Hall–Kier alpha value is -2.31. The monoisotopic (exact) mass is 394 g/mol. The quantitative estimate of drug-likeness (QED) is 0.863. The summed E-state index contributed by atoms with van der Waals surface area (Å²) >= 11 is 0. The number of anilines is 1. The van der Waals surface area contributed by atoms with Gasteiger partial charge in [-0.15, -0.1) is 0 Å². The first-order valence-electron chi connectivity index (χ1n) is 10.9. The van der Waals surface area contributed by atoms with Gasteiger partial charge in [-0.3, -0.25) is 9.69 Å². The van der Waals surface area contributed by atoms with Crippen molar-refractivity contribution in [1.82, 2.24) is 15.1 Å². The number of hydrogen-bond acceptors (Lipinski definition) is 5. The number of nitrogens with one attached hydrogen (secondary N) is 1. The third-order valence-corrected chi connectivity index (χ3v) is 6.76. The number of likely N-dealkylation sites (tertiary alicyclic amines) is 1. The number of amides is 1. The summed E-state index contributed by atoms with van der Waals surface area (Å²) in [5.74, 6) is 0.899. The van der Waals surface area contributed by atoms with Crippen LogP contribution in [0.5, 0.6) is 0 Å². The van der Waals surface area contributed by atoms with Crippen molar-refractivity contribution in [1.29, 1.82) is 0 Å². The van der Waals surface area contributed by atoms with Crippen LogP contribution >= 0.6 is 0 Å². The van der Waals surface area contributed by atoms with E-state index in [2.05, 4.69) is 46.3 Å². The van der Waals surface area contributed by atoms with Gasteiger partial charge >= 0.3 is 0 Å². The molecule has 1 aromatic carbocycles. The van der Waals surface area contributed by atoms with E-state index in [1.807, 2.05) is 11.0 Å². The molecular weight excluding hydrogens is 364 g/mol. The summed E-state index contributed by atoms with van der Waals surface area (Å²) in [6, 6.07) is 11.3. The van der Waals surface area contributed by atoms with Gasteiger partial charge in [0.25, 0.3) is 5.91 Å². The van der Waals surface area contributed by atoms with Gasteiger partial charge in [0, 0.05) is 57.0 Å². The van der Waals surface area contributed by atoms with Gasteiger partial charge in [-0.25, -0.2) is 0 Å². The van der Waals surface area contributed by atoms with Crippen LogP contribution in [-0.4, -0.2) is 67.1 Å². The van der Waals surface area contributed by atoms with Gasteiger partial charge in [-0.1, -0.05) is 18.2 Å². The number of carbonyl (C=O) groups excluding carboxylic acids is 1. The van der Waals surface area contributed by atoms with Gasteiger partial charge in [-0.2, -0.15) is 0 Å². The van der Waals surface area contributed by atoms with E-state index in [1.54, 1.807) is 6.26 Å². The molecule has 5 rings (SSSR count). The molecule has 0 aliphatic carbocycles. The van der Waals surface area contributed by atoms with Crippen LogP contribution < -0.4 is 10.2 Å². The molecule has 0 radical (unpaired) electrons. The summed E-state index contributed by atoms with van der Waals surface area (Å²) in [7, 11) is 0. The zero-order chi connectivity index (χ0) is 19.8. The Morgan fingerprint density at radius 1 is 1.17 bits per heavy atom. The lowest BCUT2D eigenvalue weighted by Crippen LogP contribution is -2.49. The normalized spacial score (nSPS) is 24.9. The van der Waals surface area contributed by atoms with Gasteiger partial charge in [0.1, 0.15) is 5.76 Å². The molecule has 1 N–H and O–H groups in total. The second-order valence-electron chi connectivity index (χ2n) is 8.55. The van der Waals surface area contributed by atoms with Crippen molar-refractivity contribution in [2.75, 3.05) is 44.2 Å². The Balaban J connectivity index is 1.29. The third kappa shape index (κ3) is 3.55. The second kappa shape index (κ2) is 7.84. The molecule has 6 heteroatoms. The van der Waals surface area contributed by atoms with Crippen molar-refractivity contribution in [2.24, 2.45) is 0 Å². The van der Waals surface area contributed by atoms with Crippen molar-refractivity contribution in [3.8, 4) is 0 Å². The fraction of sp³-hybridized carbons (Fsp3) is 0.522. The molecule has 2 saturated heterocycles. The lowest BCUT2D eigenvalue weighted by molar-refractivity contribution is 0.0771. The molecule has 2 unspecified atom stereocenters. The average Bonchev–Trinajstić information content (AvgIpc) is 3.48. The minimum absolute atomic E-state index is 0.117. The van der Waals surface area contributed by atoms with Crippen molar-refractivity contribution in [3.05, 3.63) is 53.5 Å². The fourth-order valence-corrected chi connectivity index (χ4v) is 5.12. The molecule has 29 heavy (non-hydrogen) atoms. The largest absolute Gasteiger partial charge is 0.467 e. The molecule has 2 fully saturated rings. The highest BCUT2D eigenvalue weighted by Gasteiger charge is 2.34. The smallest absolute Gasteiger partial charge is 0.257 e. The van der Waals surface area contributed by atoms with Crippen LogP contribution in [0.15, 0.2) is 41.0 Å². The van der Waals surface area contributed by atoms with Gasteiger partial charge < -0.3 is 19.5 Å². The highest BCUT2D eigenvalue weighted by Crippen LogP contribution is 2.34. The maximum absolute atomic E-state index is 13.3. The van der Waals surface area contributed by atoms with Gasteiger partial charge in [0.2, 0.25) is 0 Å². The number of rotatable bonds is 4. The van der Waals surface area contributed by atoms with Crippen LogP contribution in [0.3, 0.4) is 0 Å². The standard InChI is InChI=1S/C23H30N4O2/c1-17-14-18-4-2-3-5-21(18)27(17)16-22-20(7-13-29-22)23(28)26-10-6-19(15-26)25-11-8-24-9-12-25/h2-5,7,13,17,19,24H,6,8-12,14-16H2,1H3. The number of fused-ring (bicyclic) bond motifs is 1. The summed E-state index contributed by atoms with van der Waals surface area (Å²) < 4.78 is 5.81. The van der Waals surface area contributed by atoms with E-state index in [1.165, 1.54) is 11.3 Å². The highest BCUT2D eigenvalue weighted by molar-refractivity contribution is 5.95. The van der Waals surface area contributed by atoms with Crippen molar-refractivity contribution in [3.63, 3.8) is 0 Å². The number of furan rings is 1. The van der Waals surface area contributed by atoms with Crippen molar-refractivity contribution >= 4 is 11.6 Å². The number of carbonyl (C=O) groups is 1. The van der Waals surface area contributed by atoms with Crippen LogP contribution in [-0.2, 0) is 13.0 Å². The molecule has 0 spiro atoms. The molecule has 4 heterocycles. The lowest BCUT2D eigenvalue weighted by Gasteiger charge is -2.32. The summed E-state index contributed by atoms with van der Waals surface area (Å²) in [6.45, 7) is 8.79. The Bertz CT molecular complexity index is 873. The molecular formula is C23H30N4O2. The first-order chi connectivity index (χ1) is 14.2. The topological polar surface area (TPSA) is 52.0 Å². The zero-order valence-corrected chi connectivity index (χ0v) is 17.1. The predicted molar refractivity (Wildman–Crippen MR) is 113 cm³/mol. The Kier molecular flexibility index (Phi) is 5.06. The highest BCUT2D eigenvalue weighted by atomic mass is 16.3. The van der Waals surface area contributed by atoms with E-state index in [0.717, 1.165) is 63.4 Å². The Labute approximate surface area is 172 Å². The van der Waals surface area contributed by atoms with E-state index in [4.69, 9.17) is 4.42 Å². The molecule has 0 saturated carbocycles. The molecule has 2 atom stereocenters. The minimum Gasteiger partial charge on any atom is -0.467 e. The summed E-state index contributed by atoms with van der Waals surface area (Å²) in [5, 5.41) is 3.41. The van der Waals surface area contributed by atoms with Crippen LogP contribution in [0.25, 0.3) is 0 Å². The SMILES string of the molecule is CC1Cc2ccccc2N1Cc1occc1C(=O)N1CCC(N2CCNCC2)C1. The van der Waals surface area contributed by atoms with Crippen LogP contribution in [0.4, 0.5) is 5.69 Å². The number of piperazine rings is 1. The van der Waals surface area contributed by atoms with Crippen LogP contribution in [0, 0.1) is 0 Å². The van der Waals surface area contributed by atoms with E-state index in [-0.39, 0.29) is 5.91 Å². The van der Waals surface area contributed by atoms with Crippen molar-refractivity contribution in [2.45, 2.75) is 38.4 Å². The van der Waals surface area contributed by atoms with Gasteiger partial charge in [0.05, 0.1) is 18.4 Å². The molecule has 1 amide bonds. The van der Waals surface area contributed by atoms with Crippen molar-refractivity contribution < 1.29 is 9.21 Å². The van der Waals surface area contributed by atoms with Gasteiger partial charge in [0.15, 0.2) is 0 Å². The molecule has 0 bridgehead atoms. The maximum Gasteiger partial charge on any atom is 0.257 e. The summed E-state index contributed by atoms with van der Waals surface area (Å²) in [4.78, 5) is 20.2. The second-order valence-corrected chi connectivity index (χ2v) is 8.55. The summed E-state index contributed by atoms with van der Waals surface area (Å²) in [6.07, 6.45) is 3.77. The third-order valence-electron chi connectivity index (χ3n) is 6.76. The number of para-hydroxylation sites is 1. The maximum atomic E-state index is 13.3. The van der Waals surface area contributed by atoms with Crippen LogP contribution in [0.1, 0.15) is 35.0 Å². The molecule has 1 aromatic heterocycles. The molecule has 3 aliphatic rings. The van der Waals surface area contributed by atoms with E-state index in [9.17, 15) is 4.79 Å². The first kappa shape index (κ1) is 18.7. The molecule has 2 aromatic rings. The molecule has 154 valence electrons. The van der Waals surface area contributed by atoms with E-state index >= 15 is 0 Å². The Morgan fingerprint density at radius 2 is 2.00 bits per heavy atom. The number of hydrogen-bond donors (Lipinski definition) is 1. The van der Waals surface area contributed by atoms with Crippen LogP contribution in [0.2, 0.25) is 0 Å².